The Kier molecular flexibility index (Phi) is 30.9. The van der Waals surface area contributed by atoms with Gasteiger partial charge in [0, 0.05) is 12.5 Å². The largest absolute Gasteiger partial charge is 0.283 e. The number of esters is 2. The minimum atomic E-state index is -1.22. The van der Waals surface area contributed by atoms with Crippen LogP contribution in [0.3, 0.4) is 0 Å². The summed E-state index contributed by atoms with van der Waals surface area (Å²) < 4.78 is 21.6. The molecular formula is C46H80ClNO8Pb+. The van der Waals surface area contributed by atoms with E-state index in [9.17, 15) is 14.4 Å². The van der Waals surface area contributed by atoms with Crippen molar-refractivity contribution in [3.8, 4) is 0 Å². The van der Waals surface area contributed by atoms with Gasteiger partial charge in [0.2, 0.25) is 0 Å². The molecule has 327 valence electrons. The first-order valence-corrected chi connectivity index (χ1v) is 24.6. The van der Waals surface area contributed by atoms with Gasteiger partial charge in [-0.25, -0.2) is 0 Å². The van der Waals surface area contributed by atoms with E-state index in [1.807, 2.05) is 30.3 Å². The smallest absolute Gasteiger partial charge is 0.0606 e. The van der Waals surface area contributed by atoms with E-state index in [1.165, 1.54) is 115 Å². The molecule has 0 aliphatic carbocycles. The summed E-state index contributed by atoms with van der Waals surface area (Å²) in [6.07, 6.45) is 26.0. The average Bonchev–Trinajstić information content (AvgIpc) is 3.67. The molecule has 11 heteroatoms. The summed E-state index contributed by atoms with van der Waals surface area (Å²) in [4.78, 5) is 37.3. The van der Waals surface area contributed by atoms with Gasteiger partial charge in [-0.2, -0.15) is 0 Å². The number of hydrogen-bond acceptors (Lipinski definition) is 8. The van der Waals surface area contributed by atoms with Gasteiger partial charge in [-0.05, 0) is 27.2 Å². The molecule has 0 aromatic heterocycles. The number of halogens is 1. The molecule has 2 aliphatic rings. The van der Waals surface area contributed by atoms with Gasteiger partial charge in [0.15, 0.2) is 0 Å². The fourth-order valence-corrected chi connectivity index (χ4v) is 9.56. The summed E-state index contributed by atoms with van der Waals surface area (Å²) in [5, 5.41) is 8.06. The van der Waals surface area contributed by atoms with Crippen LogP contribution in [-0.4, -0.2) is 104 Å². The summed E-state index contributed by atoms with van der Waals surface area (Å²) >= 11 is 4.87. The first-order chi connectivity index (χ1) is 27.4. The number of rotatable bonds is 26. The van der Waals surface area contributed by atoms with E-state index in [1.54, 1.807) is 20.8 Å². The molecule has 0 saturated carbocycles. The van der Waals surface area contributed by atoms with Gasteiger partial charge >= 0.3 is 234 Å². The second kappa shape index (κ2) is 32.6. The van der Waals surface area contributed by atoms with Crippen molar-refractivity contribution in [2.75, 3.05) is 27.0 Å². The third kappa shape index (κ3) is 22.9. The minimum Gasteiger partial charge on any atom is -0.283 e. The molecule has 4 atom stereocenters. The Hall–Kier alpha value is -1.12. The number of Topliss-reactive ketones (excluding diaryl/α,β-unsaturated/α-hetero) is 1. The van der Waals surface area contributed by atoms with E-state index < -0.39 is 3.16 Å². The molecule has 1 aromatic carbocycles. The Morgan fingerprint density at radius 1 is 0.825 bits per heavy atom. The fraction of sp³-hybridized carbons (Fsp3) is 0.804. The molecule has 2 saturated heterocycles. The van der Waals surface area contributed by atoms with Crippen LogP contribution in [0.5, 0.6) is 0 Å². The standard InChI is InChI=1S/C42H69NO6.C3H8O.CH3ClO.Pb/c1-4-38-33-39(32-35(2)43(38)30-24-25-31-43)49-42(46)41(37-27-21-19-22-28-37)48-34-47-40(45)29-23-18-16-14-12-10-8-6-5-7-9-11-13-15-17-20-26-36(3)44;1-3(2)4;1-3-2;/h19,21-22,27-28,35,38-39H,4-18,20,23-26,29-34H2,1-3H3;3-4H,1-2H3;1H3;/q+1;;;. The Labute approximate surface area is 368 Å². The van der Waals surface area contributed by atoms with Crippen LogP contribution in [0.25, 0.3) is 0 Å². The molecule has 9 nitrogen and oxygen atoms in total. The average molecular weight is 1020 g/mol. The Balaban J connectivity index is 0.00000214. The number of carbonyl (C=O) groups excluding carboxylic acids is 3. The van der Waals surface area contributed by atoms with Gasteiger partial charge in [-0.15, -0.1) is 0 Å². The van der Waals surface area contributed by atoms with Crippen molar-refractivity contribution < 1.29 is 42.5 Å². The molecule has 57 heavy (non-hydrogen) atoms. The van der Waals surface area contributed by atoms with E-state index in [-0.39, 0.29) is 30.9 Å². The zero-order valence-electron chi connectivity index (χ0n) is 36.7. The number of aliphatic hydroxyl groups is 1. The molecule has 0 amide bonds. The van der Waals surface area contributed by atoms with Crippen molar-refractivity contribution in [2.45, 2.75) is 210 Å². The van der Waals surface area contributed by atoms with Crippen LogP contribution in [0.4, 0.5) is 0 Å². The van der Waals surface area contributed by atoms with Crippen LogP contribution < -0.4 is 0 Å². The van der Waals surface area contributed by atoms with E-state index in [0.29, 0.717) is 50.1 Å². The van der Waals surface area contributed by atoms with Crippen molar-refractivity contribution in [1.82, 2.24) is 0 Å². The van der Waals surface area contributed by atoms with Crippen LogP contribution in [-0.2, 0) is 36.0 Å². The zero-order chi connectivity index (χ0) is 42.4. The SMILES string of the molecule is CC(C)O.CCC1CC(OC(=O)[C]([Pb])(OCOC(=O)CCCCCCCCCCCCCCCCCCC(C)=O)c2ccccc2)CC(C)[N+]12CCCC2.COCl. The summed E-state index contributed by atoms with van der Waals surface area (Å²) in [5.41, 5.74) is 0.761. The second-order valence-corrected chi connectivity index (χ2v) is 19.6. The monoisotopic (exact) mass is 1020 g/mol. The summed E-state index contributed by atoms with van der Waals surface area (Å²) in [6, 6.07) is 10.6. The number of hydrogen-bond donors (Lipinski definition) is 1. The van der Waals surface area contributed by atoms with E-state index in [0.717, 1.165) is 56.9 Å². The van der Waals surface area contributed by atoms with Crippen molar-refractivity contribution in [1.29, 1.82) is 0 Å². The number of nitrogens with zero attached hydrogens (tertiary/aromatic N) is 1. The van der Waals surface area contributed by atoms with E-state index >= 15 is 0 Å². The van der Waals surface area contributed by atoms with Gasteiger partial charge in [0.05, 0.1) is 19.0 Å². The van der Waals surface area contributed by atoms with E-state index in [2.05, 4.69) is 30.0 Å². The van der Waals surface area contributed by atoms with E-state index in [4.69, 9.17) is 19.3 Å². The third-order valence-electron chi connectivity index (χ3n) is 11.5. The van der Waals surface area contributed by atoms with Crippen LogP contribution in [0.15, 0.2) is 30.3 Å². The summed E-state index contributed by atoms with van der Waals surface area (Å²) in [6.45, 7) is 12.0. The fourth-order valence-electron chi connectivity index (χ4n) is 8.46. The van der Waals surface area contributed by atoms with Crippen molar-refractivity contribution in [3.05, 3.63) is 35.9 Å². The molecule has 1 N–H and O–H groups in total. The van der Waals surface area contributed by atoms with Crippen LogP contribution in [0.2, 0.25) is 0 Å². The van der Waals surface area contributed by atoms with Crippen LogP contribution in [0.1, 0.15) is 188 Å². The molecule has 1 aromatic rings. The maximum atomic E-state index is 13.8. The van der Waals surface area contributed by atoms with Gasteiger partial charge in [-0.1, -0.05) is 57.8 Å². The normalized spacial score (nSPS) is 19.5. The number of carbonyl (C=O) groups is 3. The molecule has 1 spiro atoms. The summed E-state index contributed by atoms with van der Waals surface area (Å²) in [7, 11) is 1.39. The Morgan fingerprint density at radius 3 is 1.70 bits per heavy atom. The number of quaternary nitrogens is 1. The molecule has 3 rings (SSSR count). The number of piperidine rings is 1. The van der Waals surface area contributed by atoms with Gasteiger partial charge in [0.25, 0.3) is 0 Å². The summed E-state index contributed by atoms with van der Waals surface area (Å²) in [5.74, 6) is -0.298. The second-order valence-electron chi connectivity index (χ2n) is 16.6. The maximum absolute atomic E-state index is 13.8. The van der Waals surface area contributed by atoms with Gasteiger partial charge in [0.1, 0.15) is 5.78 Å². The molecule has 2 fully saturated rings. The third-order valence-corrected chi connectivity index (χ3v) is 14.0. The van der Waals surface area contributed by atoms with Gasteiger partial charge < -0.3 is 9.90 Å². The first-order valence-electron chi connectivity index (χ1n) is 22.4. The quantitative estimate of drug-likeness (QED) is 0.0321. The zero-order valence-corrected chi connectivity index (χ0v) is 41.4. The van der Waals surface area contributed by atoms with Crippen LogP contribution in [0, 0.1) is 0 Å². The number of ether oxygens (including phenoxy) is 3. The van der Waals surface area contributed by atoms with Crippen molar-refractivity contribution in [2.24, 2.45) is 0 Å². The Morgan fingerprint density at radius 2 is 1.26 bits per heavy atom. The number of benzene rings is 1. The minimum absolute atomic E-state index is 0.114. The molecule has 3 radical (unpaired) electrons. The first kappa shape index (κ1) is 53.9. The topological polar surface area (TPSA) is 108 Å². The number of ketones is 1. The molecule has 2 aliphatic heterocycles. The predicted molar refractivity (Wildman–Crippen MR) is 232 cm³/mol. The van der Waals surface area contributed by atoms with Crippen molar-refractivity contribution in [3.63, 3.8) is 0 Å². The molecular weight excluding hydrogens is 937 g/mol. The van der Waals surface area contributed by atoms with Crippen molar-refractivity contribution >= 4 is 55.4 Å². The molecule has 2 heterocycles. The number of aliphatic hydroxyl groups excluding tert-OH is 1. The van der Waals surface area contributed by atoms with Crippen LogP contribution >= 0.6 is 11.9 Å². The Bertz CT molecular complexity index is 1180. The molecule has 0 bridgehead atoms. The molecule has 4 unspecified atom stereocenters. The van der Waals surface area contributed by atoms with Gasteiger partial charge in [-0.3, -0.25) is 4.29 Å². The maximum Gasteiger partial charge on any atom is 0.0606 e. The predicted octanol–water partition coefficient (Wildman–Crippen LogP) is 10.8. The number of unbranched alkanes of at least 4 members (excludes halogenated alkanes) is 15.